The topological polar surface area (TPSA) is 194 Å². The molecule has 14 nitrogen and oxygen atoms in total. The second kappa shape index (κ2) is 15.3. The van der Waals surface area contributed by atoms with Gasteiger partial charge in [0.05, 0.1) is 12.5 Å². The average molecular weight is 467 g/mol. The van der Waals surface area contributed by atoms with Gasteiger partial charge < -0.3 is 35.9 Å². The number of guanidine groups is 2. The fourth-order valence-electron chi connectivity index (χ4n) is 3.43. The fourth-order valence-corrected chi connectivity index (χ4v) is 3.43. The summed E-state index contributed by atoms with van der Waals surface area (Å²) in [6.07, 6.45) is 2.80. The highest BCUT2D eigenvalue weighted by atomic mass is 15.3. The van der Waals surface area contributed by atoms with Crippen LogP contribution in [-0.2, 0) is 0 Å². The molecular weight excluding hydrogens is 436 g/mol. The van der Waals surface area contributed by atoms with Gasteiger partial charge in [-0.3, -0.25) is 10.8 Å². The van der Waals surface area contributed by atoms with Gasteiger partial charge in [0.1, 0.15) is 10.9 Å². The van der Waals surface area contributed by atoms with Gasteiger partial charge in [-0.25, -0.2) is 6.57 Å². The second-order valence-corrected chi connectivity index (χ2v) is 7.33. The average Bonchev–Trinajstić information content (AvgIpc) is 2.80. The van der Waals surface area contributed by atoms with E-state index in [0.717, 1.165) is 0 Å². The maximum atomic E-state index is 9.03. The first kappa shape index (κ1) is 27.5. The van der Waals surface area contributed by atoms with Crippen LogP contribution in [0.2, 0.25) is 0 Å². The molecule has 0 radical (unpaired) electrons. The highest BCUT2D eigenvalue weighted by Gasteiger charge is 2.20. The Bertz CT molecular complexity index is 851. The first-order valence-electron chi connectivity index (χ1n) is 10.6. The minimum Gasteiger partial charge on any atom is -0.369 e. The largest absolute Gasteiger partial charge is 0.369 e. The lowest BCUT2D eigenvalue weighted by Crippen LogP contribution is -2.48. The monoisotopic (exact) mass is 466 g/mol. The van der Waals surface area contributed by atoms with Crippen LogP contribution >= 0.6 is 0 Å². The van der Waals surface area contributed by atoms with E-state index in [1.807, 2.05) is 6.07 Å². The molecule has 0 atom stereocenters. The van der Waals surface area contributed by atoms with Crippen LogP contribution < -0.4 is 11.5 Å². The molecule has 0 unspecified atom stereocenters. The van der Waals surface area contributed by atoms with Crippen LogP contribution in [-0.4, -0.2) is 102 Å². The summed E-state index contributed by atoms with van der Waals surface area (Å²) in [5, 5.41) is 38.0. The highest BCUT2D eigenvalue weighted by molar-refractivity contribution is 5.83. The number of hydrogen-bond acceptors (Lipinski definition) is 6. The fraction of sp³-hybridized carbons (Fsp3) is 0.600. The van der Waals surface area contributed by atoms with Crippen LogP contribution in [0.3, 0.4) is 0 Å². The van der Waals surface area contributed by atoms with Crippen LogP contribution in [0, 0.1) is 46.7 Å². The Morgan fingerprint density at radius 2 is 1.32 bits per heavy atom. The zero-order chi connectivity index (χ0) is 25.3. The molecule has 1 fully saturated rings. The lowest BCUT2D eigenvalue weighted by atomic mass is 10.2. The number of nitrogens with one attached hydrogen (secondary N) is 2. The van der Waals surface area contributed by atoms with E-state index in [1.54, 1.807) is 25.8 Å². The smallest absolute Gasteiger partial charge is 0.277 e. The van der Waals surface area contributed by atoms with Crippen molar-refractivity contribution in [1.29, 1.82) is 21.3 Å². The Morgan fingerprint density at radius 1 is 0.824 bits per heavy atom. The van der Waals surface area contributed by atoms with E-state index in [-0.39, 0.29) is 36.6 Å². The van der Waals surface area contributed by atoms with Gasteiger partial charge in [0, 0.05) is 52.4 Å². The molecule has 0 saturated carbocycles. The van der Waals surface area contributed by atoms with Gasteiger partial charge in [0.15, 0.2) is 5.84 Å². The van der Waals surface area contributed by atoms with Crippen LogP contribution in [0.25, 0.3) is 9.80 Å². The van der Waals surface area contributed by atoms with E-state index in [0.29, 0.717) is 65.2 Å². The van der Waals surface area contributed by atoms with E-state index in [4.69, 9.17) is 46.0 Å². The van der Waals surface area contributed by atoms with Crippen LogP contribution in [0.15, 0.2) is 10.1 Å². The lowest BCUT2D eigenvalue weighted by Gasteiger charge is -2.32. The van der Waals surface area contributed by atoms with Crippen molar-refractivity contribution in [2.45, 2.75) is 19.3 Å². The quantitative estimate of drug-likeness (QED) is 0.140. The van der Waals surface area contributed by atoms with Crippen molar-refractivity contribution < 1.29 is 0 Å². The van der Waals surface area contributed by atoms with Gasteiger partial charge >= 0.3 is 0 Å². The van der Waals surface area contributed by atoms with Gasteiger partial charge in [-0.15, -0.1) is 9.95 Å². The predicted octanol–water partition coefficient (Wildman–Crippen LogP) is -0.280. The van der Waals surface area contributed by atoms with Crippen molar-refractivity contribution in [1.82, 2.24) is 19.6 Å². The van der Waals surface area contributed by atoms with E-state index < -0.39 is 0 Å². The van der Waals surface area contributed by atoms with Gasteiger partial charge in [0.2, 0.25) is 12.2 Å². The molecule has 0 aromatic carbocycles. The Kier molecular flexibility index (Phi) is 12.3. The number of nitrogens with two attached hydrogens (primary N) is 2. The summed E-state index contributed by atoms with van der Waals surface area (Å²) >= 11 is 0. The Labute approximate surface area is 200 Å². The molecule has 0 spiro atoms. The summed E-state index contributed by atoms with van der Waals surface area (Å²) in [4.78, 5) is 17.0. The van der Waals surface area contributed by atoms with Gasteiger partial charge in [-0.2, -0.15) is 17.1 Å². The van der Waals surface area contributed by atoms with E-state index in [9.17, 15) is 0 Å². The van der Waals surface area contributed by atoms with Crippen LogP contribution in [0.5, 0.6) is 0 Å². The Morgan fingerprint density at radius 3 is 1.82 bits per heavy atom. The minimum atomic E-state index is -0.0495. The highest BCUT2D eigenvalue weighted by Crippen LogP contribution is 2.05. The third kappa shape index (κ3) is 9.29. The maximum Gasteiger partial charge on any atom is 0.277 e. The molecule has 1 aliphatic rings. The van der Waals surface area contributed by atoms with Crippen molar-refractivity contribution in [2.75, 3.05) is 58.9 Å². The lowest BCUT2D eigenvalue weighted by molar-refractivity contribution is 0.276. The zero-order valence-corrected chi connectivity index (χ0v) is 19.1. The molecular formula is C20H30N14. The number of hydrogen-bond donors (Lipinski definition) is 4. The molecule has 1 heterocycles. The number of nitriles is 2. The summed E-state index contributed by atoms with van der Waals surface area (Å²) in [7, 11) is 0. The maximum absolute atomic E-state index is 9.03. The molecule has 34 heavy (non-hydrogen) atoms. The van der Waals surface area contributed by atoms with Crippen molar-refractivity contribution in [2.24, 2.45) is 21.6 Å². The third-order valence-corrected chi connectivity index (χ3v) is 5.20. The van der Waals surface area contributed by atoms with Gasteiger partial charge in [-0.1, -0.05) is 0 Å². The molecule has 0 amide bonds. The Hall–Kier alpha value is -4.56. The summed E-state index contributed by atoms with van der Waals surface area (Å²) in [6.45, 7) is 17.4. The Balaban J connectivity index is 3.17. The van der Waals surface area contributed by atoms with Crippen LogP contribution in [0.4, 0.5) is 0 Å². The van der Waals surface area contributed by atoms with Crippen molar-refractivity contribution in [3.63, 3.8) is 0 Å². The van der Waals surface area contributed by atoms with E-state index >= 15 is 0 Å². The summed E-state index contributed by atoms with van der Waals surface area (Å²) in [5.74, 6) is 0.505. The van der Waals surface area contributed by atoms with Crippen molar-refractivity contribution in [3.8, 4) is 12.3 Å². The van der Waals surface area contributed by atoms with Crippen molar-refractivity contribution in [3.05, 3.63) is 22.9 Å². The molecule has 1 aliphatic heterocycles. The SMILES string of the molecule is [C-]#[N+]CC(=N)N1CCCN(C(=N)CC#N)CCN(C(N)=NC#N)CCCN(C(N)=N[N+]#[C-])CC1. The molecule has 14 heteroatoms. The number of nitrogens with zero attached hydrogens (tertiary/aromatic N) is 10. The van der Waals surface area contributed by atoms with Gasteiger partial charge in [-0.05, 0) is 12.8 Å². The summed E-state index contributed by atoms with van der Waals surface area (Å²) in [5.41, 5.74) is 11.9. The standard InChI is InChI=1S/C20H30N14/c1-27-15-18(24)32-8-3-7-31(17(23)5-6-21)11-13-33(19(25)29-16-22)9-4-10-34(14-12-32)20(26)30-28-2/h23-24H,3-5,7-15H2,(H2,25,29)(H2,26,30). The molecule has 0 bridgehead atoms. The van der Waals surface area contributed by atoms with E-state index in [1.165, 1.54) is 0 Å². The number of rotatable bonds is 2. The van der Waals surface area contributed by atoms with Crippen molar-refractivity contribution >= 4 is 23.6 Å². The van der Waals surface area contributed by atoms with Gasteiger partial charge in [0.25, 0.3) is 12.5 Å². The summed E-state index contributed by atoms with van der Waals surface area (Å²) < 4.78 is 0. The molecule has 1 saturated heterocycles. The zero-order valence-electron chi connectivity index (χ0n) is 19.1. The van der Waals surface area contributed by atoms with E-state index in [2.05, 4.69) is 19.9 Å². The number of aliphatic imine (C=N–C) groups is 1. The molecule has 1 rings (SSSR count). The normalized spacial score (nSPS) is 16.9. The summed E-state index contributed by atoms with van der Waals surface area (Å²) in [6, 6.07) is 1.99. The second-order valence-electron chi connectivity index (χ2n) is 7.33. The van der Waals surface area contributed by atoms with Crippen LogP contribution in [0.1, 0.15) is 19.3 Å². The molecule has 0 aromatic heterocycles. The third-order valence-electron chi connectivity index (χ3n) is 5.20. The first-order valence-corrected chi connectivity index (χ1v) is 10.6. The minimum absolute atomic E-state index is 0.0341. The molecule has 0 aliphatic carbocycles. The molecule has 0 aromatic rings. The molecule has 6 N–H and O–H groups in total. The number of amidine groups is 2. The predicted molar refractivity (Wildman–Crippen MR) is 128 cm³/mol. The molecule has 180 valence electrons. The first-order chi connectivity index (χ1) is 16.4.